The van der Waals surface area contributed by atoms with Gasteiger partial charge in [-0.15, -0.1) is 0 Å². The van der Waals surface area contributed by atoms with E-state index in [-0.39, 0.29) is 11.6 Å². The molecule has 170 valence electrons. The van der Waals surface area contributed by atoms with E-state index in [0.29, 0.717) is 5.56 Å². The normalized spacial score (nSPS) is 10.5. The van der Waals surface area contributed by atoms with E-state index in [1.165, 1.54) is 6.33 Å². The molecule has 0 spiro atoms. The molecule has 4 aromatic rings. The third-order valence-electron chi connectivity index (χ3n) is 4.95. The summed E-state index contributed by atoms with van der Waals surface area (Å²) in [4.78, 5) is 31.9. The van der Waals surface area contributed by atoms with Crippen molar-refractivity contribution < 1.29 is 9.72 Å². The second kappa shape index (κ2) is 10.5. The van der Waals surface area contributed by atoms with Crippen molar-refractivity contribution >= 4 is 39.2 Å². The van der Waals surface area contributed by atoms with Gasteiger partial charge in [-0.1, -0.05) is 76.6 Å². The highest BCUT2D eigenvalue weighted by Gasteiger charge is 2.26. The number of benzene rings is 3. The average Bonchev–Trinajstić information content (AvgIpc) is 2.87. The molecule has 3 N–H and O–H groups in total. The van der Waals surface area contributed by atoms with Crippen LogP contribution in [0.5, 0.6) is 0 Å². The first-order valence-electron chi connectivity index (χ1n) is 10.2. The highest BCUT2D eigenvalue weighted by molar-refractivity contribution is 9.10. The van der Waals surface area contributed by atoms with Gasteiger partial charge in [-0.05, 0) is 35.4 Å². The van der Waals surface area contributed by atoms with Gasteiger partial charge in [0.15, 0.2) is 0 Å². The Labute approximate surface area is 203 Å². The van der Waals surface area contributed by atoms with E-state index in [4.69, 9.17) is 0 Å². The van der Waals surface area contributed by atoms with Gasteiger partial charge in [0.25, 0.3) is 5.91 Å². The minimum absolute atomic E-state index is 0.0121. The topological polar surface area (TPSA) is 122 Å². The van der Waals surface area contributed by atoms with Gasteiger partial charge in [0.2, 0.25) is 11.6 Å². The third-order valence-corrected chi connectivity index (χ3v) is 5.48. The van der Waals surface area contributed by atoms with Gasteiger partial charge in [0, 0.05) is 10.0 Å². The summed E-state index contributed by atoms with van der Waals surface area (Å²) in [5.74, 6) is -0.604. The number of halogens is 1. The first-order valence-corrected chi connectivity index (χ1v) is 11.0. The number of nitrogens with zero attached hydrogens (tertiary/aromatic N) is 3. The molecule has 3 aromatic carbocycles. The first-order chi connectivity index (χ1) is 16.5. The van der Waals surface area contributed by atoms with Crippen molar-refractivity contribution in [2.24, 2.45) is 0 Å². The molecular formula is C24H19BrN6O3. The van der Waals surface area contributed by atoms with Crippen molar-refractivity contribution in [3.63, 3.8) is 0 Å². The van der Waals surface area contributed by atoms with Crippen LogP contribution >= 0.6 is 15.9 Å². The van der Waals surface area contributed by atoms with Crippen LogP contribution in [-0.4, -0.2) is 20.8 Å². The molecule has 1 amide bonds. The van der Waals surface area contributed by atoms with E-state index in [2.05, 4.69) is 42.1 Å². The molecule has 0 aliphatic rings. The van der Waals surface area contributed by atoms with Crippen molar-refractivity contribution in [1.29, 1.82) is 0 Å². The Bertz CT molecular complexity index is 1250. The van der Waals surface area contributed by atoms with Gasteiger partial charge < -0.3 is 5.32 Å². The predicted octanol–water partition coefficient (Wildman–Crippen LogP) is 5.11. The summed E-state index contributed by atoms with van der Waals surface area (Å²) in [6.45, 7) is 0. The molecule has 0 fully saturated rings. The number of aromatic nitrogens is 2. The molecule has 0 aliphatic carbocycles. The van der Waals surface area contributed by atoms with Crippen molar-refractivity contribution in [3.05, 3.63) is 123 Å². The van der Waals surface area contributed by atoms with Crippen LogP contribution in [0.4, 0.5) is 17.3 Å². The third kappa shape index (κ3) is 5.36. The minimum Gasteiger partial charge on any atom is -0.353 e. The highest BCUT2D eigenvalue weighted by atomic mass is 79.9. The van der Waals surface area contributed by atoms with E-state index < -0.39 is 22.6 Å². The molecule has 1 aromatic heterocycles. The summed E-state index contributed by atoms with van der Waals surface area (Å²) in [6, 6.07) is 25.4. The average molecular weight is 519 g/mol. The minimum atomic E-state index is -0.594. The van der Waals surface area contributed by atoms with E-state index in [0.717, 1.165) is 15.6 Å². The van der Waals surface area contributed by atoms with Crippen molar-refractivity contribution in [2.75, 3.05) is 10.7 Å². The molecule has 4 rings (SSSR count). The zero-order valence-corrected chi connectivity index (χ0v) is 19.3. The Balaban J connectivity index is 1.63. The number of hydrogen-bond acceptors (Lipinski definition) is 7. The Morgan fingerprint density at radius 3 is 1.97 bits per heavy atom. The second-order valence-corrected chi connectivity index (χ2v) is 8.08. The summed E-state index contributed by atoms with van der Waals surface area (Å²) in [5, 5.41) is 15.2. The summed E-state index contributed by atoms with van der Waals surface area (Å²) in [5.41, 5.74) is 6.79. The molecule has 0 saturated heterocycles. The number of carbonyl (C=O) groups excluding carboxylic acids is 1. The number of anilines is 2. The molecule has 0 radical (unpaired) electrons. The van der Waals surface area contributed by atoms with Gasteiger partial charge in [0.05, 0.1) is 11.0 Å². The molecule has 0 saturated carbocycles. The molecular weight excluding hydrogens is 500 g/mol. The maximum absolute atomic E-state index is 12.4. The lowest BCUT2D eigenvalue weighted by Crippen LogP contribution is -2.30. The Morgan fingerprint density at radius 1 is 0.853 bits per heavy atom. The fraction of sp³-hybridized carbons (Fsp3) is 0.0417. The predicted molar refractivity (Wildman–Crippen MR) is 132 cm³/mol. The molecule has 34 heavy (non-hydrogen) atoms. The zero-order valence-electron chi connectivity index (χ0n) is 17.7. The van der Waals surface area contributed by atoms with Crippen LogP contribution in [0.1, 0.15) is 27.5 Å². The van der Waals surface area contributed by atoms with Crippen molar-refractivity contribution in [3.8, 4) is 0 Å². The lowest BCUT2D eigenvalue weighted by Gasteiger charge is -2.20. The molecule has 0 atom stereocenters. The summed E-state index contributed by atoms with van der Waals surface area (Å²) in [7, 11) is 0. The van der Waals surface area contributed by atoms with Crippen molar-refractivity contribution in [2.45, 2.75) is 6.04 Å². The number of amides is 1. The van der Waals surface area contributed by atoms with Gasteiger partial charge in [-0.2, -0.15) is 0 Å². The summed E-state index contributed by atoms with van der Waals surface area (Å²) < 4.78 is 0.825. The van der Waals surface area contributed by atoms with Crippen LogP contribution in [0.25, 0.3) is 0 Å². The molecule has 10 heteroatoms. The van der Waals surface area contributed by atoms with Crippen LogP contribution in [0, 0.1) is 10.1 Å². The second-order valence-electron chi connectivity index (χ2n) is 7.16. The Hall–Kier alpha value is -4.31. The highest BCUT2D eigenvalue weighted by Crippen LogP contribution is 2.33. The number of hydrogen-bond donors (Lipinski definition) is 3. The van der Waals surface area contributed by atoms with Crippen LogP contribution in [0.2, 0.25) is 0 Å². The van der Waals surface area contributed by atoms with Gasteiger partial charge in [-0.25, -0.2) is 9.97 Å². The first kappa shape index (κ1) is 22.9. The maximum Gasteiger partial charge on any atom is 0.354 e. The molecule has 1 heterocycles. The zero-order chi connectivity index (χ0) is 23.9. The fourth-order valence-corrected chi connectivity index (χ4v) is 3.59. The Morgan fingerprint density at radius 2 is 1.41 bits per heavy atom. The number of carbonyl (C=O) groups is 1. The summed E-state index contributed by atoms with van der Waals surface area (Å²) in [6.07, 6.45) is 1.19. The van der Waals surface area contributed by atoms with Crippen LogP contribution in [0.15, 0.2) is 95.7 Å². The molecule has 9 nitrogen and oxygen atoms in total. The number of nitrogens with one attached hydrogen (secondary N) is 3. The van der Waals surface area contributed by atoms with Gasteiger partial charge in [0.1, 0.15) is 6.33 Å². The van der Waals surface area contributed by atoms with Crippen LogP contribution < -0.4 is 16.2 Å². The van der Waals surface area contributed by atoms with Crippen LogP contribution in [0.3, 0.4) is 0 Å². The standard InChI is InChI=1S/C24H19BrN6O3/c25-19-13-11-18(12-14-19)24(32)30-29-23-21(31(33)34)22(26-15-27-23)28-20(16-7-3-1-4-8-16)17-9-5-2-6-10-17/h1-15,20H,(H,30,32)(H2,26,27,28,29). The lowest BCUT2D eigenvalue weighted by molar-refractivity contribution is -0.383. The van der Waals surface area contributed by atoms with E-state index in [1.54, 1.807) is 24.3 Å². The number of nitro groups is 1. The molecule has 0 unspecified atom stereocenters. The van der Waals surface area contributed by atoms with Crippen LogP contribution in [-0.2, 0) is 0 Å². The molecule has 0 bridgehead atoms. The smallest absolute Gasteiger partial charge is 0.353 e. The molecule has 0 aliphatic heterocycles. The van der Waals surface area contributed by atoms with E-state index >= 15 is 0 Å². The SMILES string of the molecule is O=C(NNc1ncnc(NC(c2ccccc2)c2ccccc2)c1[N+](=O)[O-])c1ccc(Br)cc1. The fourth-order valence-electron chi connectivity index (χ4n) is 3.33. The summed E-state index contributed by atoms with van der Waals surface area (Å²) >= 11 is 3.31. The maximum atomic E-state index is 12.4. The monoisotopic (exact) mass is 518 g/mol. The van der Waals surface area contributed by atoms with Crippen molar-refractivity contribution in [1.82, 2.24) is 15.4 Å². The van der Waals surface area contributed by atoms with E-state index in [1.807, 2.05) is 60.7 Å². The van der Waals surface area contributed by atoms with Gasteiger partial charge >= 0.3 is 5.69 Å². The van der Waals surface area contributed by atoms with Gasteiger partial charge in [-0.3, -0.25) is 25.8 Å². The largest absolute Gasteiger partial charge is 0.354 e. The Kier molecular flexibility index (Phi) is 7.09. The number of rotatable bonds is 8. The quantitative estimate of drug-likeness (QED) is 0.219. The number of hydrazine groups is 1. The van der Waals surface area contributed by atoms with E-state index in [9.17, 15) is 14.9 Å². The lowest BCUT2D eigenvalue weighted by atomic mass is 9.99.